The minimum absolute atomic E-state index is 0.201. The molecule has 2 aliphatic heterocycles. The zero-order chi connectivity index (χ0) is 21.5. The molecule has 0 aromatic heterocycles. The van der Waals surface area contributed by atoms with Crippen LogP contribution in [0, 0.1) is 11.6 Å². The largest absolute Gasteiger partial charge is 0.381 e. The summed E-state index contributed by atoms with van der Waals surface area (Å²) in [6.07, 6.45) is 7.02. The number of nitrogens with zero attached hydrogens (tertiary/aromatic N) is 1. The summed E-state index contributed by atoms with van der Waals surface area (Å²) >= 11 is 0. The normalized spacial score (nSPS) is 24.6. The van der Waals surface area contributed by atoms with Crippen LogP contribution in [-0.4, -0.2) is 30.2 Å². The monoisotopic (exact) mass is 421 g/mol. The van der Waals surface area contributed by atoms with Gasteiger partial charge in [-0.3, -0.25) is 4.90 Å². The van der Waals surface area contributed by atoms with Crippen molar-refractivity contribution in [2.75, 3.05) is 13.2 Å². The van der Waals surface area contributed by atoms with Gasteiger partial charge in [0.05, 0.1) is 6.04 Å². The molecule has 0 radical (unpaired) electrons. The quantitative estimate of drug-likeness (QED) is 0.575. The summed E-state index contributed by atoms with van der Waals surface area (Å²) < 4.78 is 36.6. The van der Waals surface area contributed by atoms with E-state index in [4.69, 9.17) is 4.74 Å². The summed E-state index contributed by atoms with van der Waals surface area (Å²) in [7, 11) is 0. The second kappa shape index (κ2) is 8.33. The number of hydrogen-bond donors (Lipinski definition) is 0. The standard InChI is InChI=1S/C27H29F2NO/c1-3-6-18-14-24(28)26(25(29)15-18)27-23-16-19-7-4-5-8-21(19)22(23)13-17(2)30(27)20-9-11-31-12-10-20/h3-8,14-15,17,20,27H,9-13,16H2,1-2H3/b6-3+/t17-,27+/m1/s1. The molecule has 0 saturated carbocycles. The highest BCUT2D eigenvalue weighted by atomic mass is 19.1. The van der Waals surface area contributed by atoms with Gasteiger partial charge in [0.15, 0.2) is 0 Å². The average Bonchev–Trinajstić information content (AvgIpc) is 3.12. The molecule has 2 atom stereocenters. The van der Waals surface area contributed by atoms with Gasteiger partial charge < -0.3 is 4.74 Å². The summed E-state index contributed by atoms with van der Waals surface area (Å²) in [5, 5.41) is 0. The molecule has 0 bridgehead atoms. The van der Waals surface area contributed by atoms with E-state index in [2.05, 4.69) is 36.1 Å². The second-order valence-electron chi connectivity index (χ2n) is 8.98. The number of ether oxygens (including phenoxy) is 1. The van der Waals surface area contributed by atoms with E-state index in [1.165, 1.54) is 34.4 Å². The first-order valence-electron chi connectivity index (χ1n) is 11.4. The van der Waals surface area contributed by atoms with Crippen LogP contribution in [0.15, 0.2) is 48.0 Å². The minimum atomic E-state index is -0.452. The van der Waals surface area contributed by atoms with E-state index in [9.17, 15) is 0 Å². The second-order valence-corrected chi connectivity index (χ2v) is 8.98. The first-order valence-corrected chi connectivity index (χ1v) is 11.4. The predicted octanol–water partition coefficient (Wildman–Crippen LogP) is 6.32. The highest BCUT2D eigenvalue weighted by Crippen LogP contribution is 2.51. The molecule has 2 heterocycles. The van der Waals surface area contributed by atoms with E-state index in [0.717, 1.165) is 25.7 Å². The molecular formula is C27H29F2NO. The molecule has 2 aromatic carbocycles. The smallest absolute Gasteiger partial charge is 0.131 e. The number of hydrogen-bond acceptors (Lipinski definition) is 2. The van der Waals surface area contributed by atoms with Crippen molar-refractivity contribution in [1.82, 2.24) is 4.90 Å². The first kappa shape index (κ1) is 20.6. The summed E-state index contributed by atoms with van der Waals surface area (Å²) in [6.45, 7) is 5.47. The molecule has 0 N–H and O–H groups in total. The molecule has 0 amide bonds. The van der Waals surface area contributed by atoms with Gasteiger partial charge in [0.1, 0.15) is 11.6 Å². The number of fused-ring (bicyclic) bond motifs is 2. The Balaban J connectivity index is 1.67. The molecule has 2 aromatic rings. The van der Waals surface area contributed by atoms with Crippen LogP contribution in [0.1, 0.15) is 61.4 Å². The molecular weight excluding hydrogens is 392 g/mol. The van der Waals surface area contributed by atoms with E-state index < -0.39 is 11.6 Å². The molecule has 5 rings (SSSR count). The molecule has 4 heteroatoms. The van der Waals surface area contributed by atoms with Crippen LogP contribution >= 0.6 is 0 Å². The molecule has 0 unspecified atom stereocenters. The van der Waals surface area contributed by atoms with Crippen LogP contribution in [0.3, 0.4) is 0 Å². The fraction of sp³-hybridized carbons (Fsp3) is 0.407. The molecule has 1 aliphatic carbocycles. The third-order valence-electron chi connectivity index (χ3n) is 7.09. The Morgan fingerprint density at radius 1 is 1.06 bits per heavy atom. The van der Waals surface area contributed by atoms with Crippen LogP contribution in [-0.2, 0) is 11.2 Å². The average molecular weight is 422 g/mol. The highest BCUT2D eigenvalue weighted by molar-refractivity contribution is 5.79. The Hall–Kier alpha value is -2.30. The lowest BCUT2D eigenvalue weighted by molar-refractivity contribution is 0.00134. The van der Waals surface area contributed by atoms with Crippen LogP contribution in [0.25, 0.3) is 11.6 Å². The van der Waals surface area contributed by atoms with Gasteiger partial charge in [0, 0.05) is 30.9 Å². The summed E-state index contributed by atoms with van der Waals surface area (Å²) in [5.74, 6) is -0.904. The van der Waals surface area contributed by atoms with Crippen molar-refractivity contribution in [2.45, 2.75) is 57.7 Å². The van der Waals surface area contributed by atoms with E-state index in [1.54, 1.807) is 12.2 Å². The summed E-state index contributed by atoms with van der Waals surface area (Å²) in [4.78, 5) is 2.39. The lowest BCUT2D eigenvalue weighted by atomic mass is 9.82. The van der Waals surface area contributed by atoms with Gasteiger partial charge in [-0.2, -0.15) is 0 Å². The van der Waals surface area contributed by atoms with E-state index in [1.807, 2.05) is 6.92 Å². The lowest BCUT2D eigenvalue weighted by Gasteiger charge is -2.47. The van der Waals surface area contributed by atoms with Gasteiger partial charge in [-0.15, -0.1) is 0 Å². The number of halogens is 2. The third-order valence-corrected chi connectivity index (χ3v) is 7.09. The van der Waals surface area contributed by atoms with Crippen molar-refractivity contribution in [3.63, 3.8) is 0 Å². The lowest BCUT2D eigenvalue weighted by Crippen LogP contribution is -2.49. The maximum absolute atomic E-state index is 15.5. The van der Waals surface area contributed by atoms with Crippen LogP contribution < -0.4 is 0 Å². The Bertz CT molecular complexity index is 1030. The van der Waals surface area contributed by atoms with E-state index in [0.29, 0.717) is 18.8 Å². The number of allylic oxidation sites excluding steroid dienone is 1. The van der Waals surface area contributed by atoms with Crippen molar-refractivity contribution in [1.29, 1.82) is 0 Å². The molecule has 1 saturated heterocycles. The summed E-state index contributed by atoms with van der Waals surface area (Å²) in [5.41, 5.74) is 5.74. The van der Waals surface area contributed by atoms with Gasteiger partial charge in [-0.25, -0.2) is 8.78 Å². The van der Waals surface area contributed by atoms with Gasteiger partial charge in [-0.05, 0) is 79.5 Å². The van der Waals surface area contributed by atoms with E-state index in [-0.39, 0.29) is 23.7 Å². The van der Waals surface area contributed by atoms with Crippen LogP contribution in [0.5, 0.6) is 0 Å². The van der Waals surface area contributed by atoms with Crippen LogP contribution in [0.4, 0.5) is 8.78 Å². The Morgan fingerprint density at radius 2 is 1.77 bits per heavy atom. The molecule has 3 aliphatic rings. The molecule has 162 valence electrons. The first-order chi connectivity index (χ1) is 15.1. The molecule has 0 spiro atoms. The maximum Gasteiger partial charge on any atom is 0.131 e. The van der Waals surface area contributed by atoms with Crippen molar-refractivity contribution in [2.24, 2.45) is 0 Å². The third kappa shape index (κ3) is 3.56. The molecule has 1 fully saturated rings. The van der Waals surface area contributed by atoms with Crippen molar-refractivity contribution in [3.05, 3.63) is 81.9 Å². The Kier molecular flexibility index (Phi) is 5.53. The zero-order valence-electron chi connectivity index (χ0n) is 18.2. The van der Waals surface area contributed by atoms with E-state index >= 15 is 8.78 Å². The highest BCUT2D eigenvalue weighted by Gasteiger charge is 2.43. The Labute approximate surface area is 183 Å². The maximum atomic E-state index is 15.5. The summed E-state index contributed by atoms with van der Waals surface area (Å²) in [6, 6.07) is 11.5. The van der Waals surface area contributed by atoms with Gasteiger partial charge in [-0.1, -0.05) is 36.4 Å². The van der Waals surface area contributed by atoms with Crippen LogP contribution in [0.2, 0.25) is 0 Å². The fourth-order valence-electron chi connectivity index (χ4n) is 5.82. The predicted molar refractivity (Wildman–Crippen MR) is 121 cm³/mol. The van der Waals surface area contributed by atoms with Gasteiger partial charge in [0.2, 0.25) is 0 Å². The number of rotatable bonds is 3. The minimum Gasteiger partial charge on any atom is -0.381 e. The topological polar surface area (TPSA) is 12.5 Å². The van der Waals surface area contributed by atoms with Crippen molar-refractivity contribution >= 4 is 11.6 Å². The molecule has 31 heavy (non-hydrogen) atoms. The van der Waals surface area contributed by atoms with Crippen molar-refractivity contribution in [3.8, 4) is 0 Å². The van der Waals surface area contributed by atoms with Gasteiger partial charge >= 0.3 is 0 Å². The SMILES string of the molecule is C/C=C/c1cc(F)c([C@@H]2C3=C(C[C@@H](C)N2C2CCOCC2)c2ccccc2C3)c(F)c1. The zero-order valence-corrected chi connectivity index (χ0v) is 18.2. The fourth-order valence-corrected chi connectivity index (χ4v) is 5.82. The van der Waals surface area contributed by atoms with Crippen molar-refractivity contribution < 1.29 is 13.5 Å². The Morgan fingerprint density at radius 3 is 2.48 bits per heavy atom. The number of benzene rings is 2. The van der Waals surface area contributed by atoms with Gasteiger partial charge in [0.25, 0.3) is 0 Å². The molecule has 2 nitrogen and oxygen atoms in total.